The molecule has 1 rings (SSSR count). The summed E-state index contributed by atoms with van der Waals surface area (Å²) in [5.74, 6) is 1.08. The number of nitrogens with one attached hydrogen (secondary N) is 1. The molecule has 0 radical (unpaired) electrons. The highest BCUT2D eigenvalue weighted by atomic mass is 127. The van der Waals surface area contributed by atoms with Crippen LogP contribution in [0.2, 0.25) is 0 Å². The van der Waals surface area contributed by atoms with E-state index in [2.05, 4.69) is 17.2 Å². The first-order valence-electron chi connectivity index (χ1n) is 7.65. The summed E-state index contributed by atoms with van der Waals surface area (Å²) in [7, 11) is 0. The van der Waals surface area contributed by atoms with Crippen molar-refractivity contribution in [3.63, 3.8) is 0 Å². The highest BCUT2D eigenvalue weighted by Gasteiger charge is 2.03. The molecule has 4 N–H and O–H groups in total. The van der Waals surface area contributed by atoms with Gasteiger partial charge in [-0.1, -0.05) is 32.3 Å². The summed E-state index contributed by atoms with van der Waals surface area (Å²) < 4.78 is 5.34. The van der Waals surface area contributed by atoms with E-state index in [1.807, 2.05) is 13.0 Å². The van der Waals surface area contributed by atoms with E-state index in [1.54, 1.807) is 12.1 Å². The summed E-state index contributed by atoms with van der Waals surface area (Å²) in [6.07, 6.45) is 4.81. The third kappa shape index (κ3) is 8.31. The summed E-state index contributed by atoms with van der Waals surface area (Å²) in [6, 6.07) is 5.22. The van der Waals surface area contributed by atoms with Crippen molar-refractivity contribution in [2.75, 3.05) is 13.2 Å². The van der Waals surface area contributed by atoms with Gasteiger partial charge in [0.15, 0.2) is 17.5 Å². The third-order valence-corrected chi connectivity index (χ3v) is 3.09. The van der Waals surface area contributed by atoms with Gasteiger partial charge in [0.05, 0.1) is 13.2 Å². The molecule has 0 saturated heterocycles. The van der Waals surface area contributed by atoms with E-state index in [9.17, 15) is 5.11 Å². The lowest BCUT2D eigenvalue weighted by atomic mass is 10.2. The average molecular weight is 421 g/mol. The fourth-order valence-corrected chi connectivity index (χ4v) is 1.93. The second-order valence-corrected chi connectivity index (χ2v) is 4.92. The van der Waals surface area contributed by atoms with Gasteiger partial charge in [-0.05, 0) is 31.0 Å². The average Bonchev–Trinajstić information content (AvgIpc) is 2.48. The number of aromatic hydroxyl groups is 1. The van der Waals surface area contributed by atoms with Crippen molar-refractivity contribution in [3.05, 3.63) is 23.8 Å². The molecule has 0 aliphatic heterocycles. The first-order valence-corrected chi connectivity index (χ1v) is 7.65. The van der Waals surface area contributed by atoms with E-state index in [4.69, 9.17) is 10.5 Å². The molecule has 1 aromatic carbocycles. The predicted molar refractivity (Wildman–Crippen MR) is 102 cm³/mol. The van der Waals surface area contributed by atoms with Crippen molar-refractivity contribution in [1.82, 2.24) is 5.32 Å². The smallest absolute Gasteiger partial charge is 0.188 e. The molecule has 0 unspecified atom stereocenters. The number of ether oxygens (including phenoxy) is 1. The van der Waals surface area contributed by atoms with Gasteiger partial charge in [0.2, 0.25) is 0 Å². The Kier molecular flexibility index (Phi) is 11.7. The molecule has 0 saturated carbocycles. The molecule has 0 aliphatic rings. The monoisotopic (exact) mass is 421 g/mol. The van der Waals surface area contributed by atoms with Crippen LogP contribution in [0.25, 0.3) is 0 Å². The van der Waals surface area contributed by atoms with Crippen LogP contribution in [0.4, 0.5) is 0 Å². The van der Waals surface area contributed by atoms with Gasteiger partial charge in [-0.3, -0.25) is 0 Å². The minimum Gasteiger partial charge on any atom is -0.504 e. The highest BCUT2D eigenvalue weighted by Crippen LogP contribution is 2.26. The molecule has 0 bridgehead atoms. The van der Waals surface area contributed by atoms with E-state index in [0.29, 0.717) is 24.9 Å². The maximum Gasteiger partial charge on any atom is 0.188 e. The number of unbranched alkanes of at least 4 members (excludes halogenated alkanes) is 3. The van der Waals surface area contributed by atoms with Crippen molar-refractivity contribution in [1.29, 1.82) is 0 Å². The van der Waals surface area contributed by atoms with E-state index < -0.39 is 0 Å². The second-order valence-electron chi connectivity index (χ2n) is 4.92. The van der Waals surface area contributed by atoms with Crippen LogP contribution in [-0.2, 0) is 6.54 Å². The quantitative estimate of drug-likeness (QED) is 0.247. The van der Waals surface area contributed by atoms with Gasteiger partial charge in [0.25, 0.3) is 0 Å². The van der Waals surface area contributed by atoms with E-state index in [1.165, 1.54) is 19.3 Å². The summed E-state index contributed by atoms with van der Waals surface area (Å²) in [5, 5.41) is 12.7. The number of benzene rings is 1. The van der Waals surface area contributed by atoms with Crippen LogP contribution in [0.15, 0.2) is 23.2 Å². The van der Waals surface area contributed by atoms with Crippen LogP contribution in [0.1, 0.15) is 45.1 Å². The molecular weight excluding hydrogens is 393 g/mol. The van der Waals surface area contributed by atoms with Crippen LogP contribution in [0, 0.1) is 0 Å². The Bertz CT molecular complexity index is 453. The molecule has 0 aromatic heterocycles. The summed E-state index contributed by atoms with van der Waals surface area (Å²) >= 11 is 0. The van der Waals surface area contributed by atoms with Gasteiger partial charge in [0, 0.05) is 6.54 Å². The first-order chi connectivity index (χ1) is 10.2. The summed E-state index contributed by atoms with van der Waals surface area (Å²) in [6.45, 7) is 5.91. The van der Waals surface area contributed by atoms with Crippen molar-refractivity contribution >= 4 is 29.9 Å². The number of phenolic OH excluding ortho intramolecular Hbond substituents is 1. The van der Waals surface area contributed by atoms with E-state index in [-0.39, 0.29) is 29.7 Å². The second kappa shape index (κ2) is 12.4. The molecule has 0 amide bonds. The Labute approximate surface area is 150 Å². The van der Waals surface area contributed by atoms with Gasteiger partial charge >= 0.3 is 0 Å². The van der Waals surface area contributed by atoms with E-state index >= 15 is 0 Å². The largest absolute Gasteiger partial charge is 0.504 e. The number of hydrogen-bond donors (Lipinski definition) is 3. The van der Waals surface area contributed by atoms with Crippen LogP contribution < -0.4 is 15.8 Å². The number of rotatable bonds is 9. The Morgan fingerprint density at radius 3 is 2.73 bits per heavy atom. The number of nitrogens with zero attached hydrogens (tertiary/aromatic N) is 1. The maximum atomic E-state index is 9.63. The lowest BCUT2D eigenvalue weighted by molar-refractivity contribution is 0.318. The van der Waals surface area contributed by atoms with Crippen LogP contribution in [0.5, 0.6) is 11.5 Å². The number of halogens is 1. The first kappa shape index (κ1) is 20.8. The Balaban J connectivity index is 0.00000441. The van der Waals surface area contributed by atoms with Gasteiger partial charge in [-0.15, -0.1) is 24.0 Å². The Morgan fingerprint density at radius 2 is 2.05 bits per heavy atom. The minimum atomic E-state index is 0. The molecule has 126 valence electrons. The van der Waals surface area contributed by atoms with Crippen LogP contribution >= 0.6 is 24.0 Å². The van der Waals surface area contributed by atoms with Crippen molar-refractivity contribution in [2.24, 2.45) is 10.7 Å². The van der Waals surface area contributed by atoms with Crippen LogP contribution in [-0.4, -0.2) is 24.2 Å². The van der Waals surface area contributed by atoms with Gasteiger partial charge < -0.3 is 20.9 Å². The van der Waals surface area contributed by atoms with Crippen LogP contribution in [0.3, 0.4) is 0 Å². The maximum absolute atomic E-state index is 9.63. The number of aliphatic imine (C=N–C) groups is 1. The minimum absolute atomic E-state index is 0. The molecule has 0 aliphatic carbocycles. The highest BCUT2D eigenvalue weighted by molar-refractivity contribution is 14.0. The zero-order chi connectivity index (χ0) is 15.5. The van der Waals surface area contributed by atoms with Crippen molar-refractivity contribution < 1.29 is 9.84 Å². The number of nitrogens with two attached hydrogens (primary N) is 1. The number of guanidine groups is 1. The molecule has 0 fully saturated rings. The molecule has 22 heavy (non-hydrogen) atoms. The molecule has 0 heterocycles. The zero-order valence-electron chi connectivity index (χ0n) is 13.5. The predicted octanol–water partition coefficient (Wildman–Crippen LogP) is 3.39. The fraction of sp³-hybridized carbons (Fsp3) is 0.562. The summed E-state index contributed by atoms with van der Waals surface area (Å²) in [4.78, 5) is 4.29. The number of phenols is 1. The Hall–Kier alpha value is -1.18. The van der Waals surface area contributed by atoms with Gasteiger partial charge in [0.1, 0.15) is 0 Å². The molecular formula is C16H28IN3O2. The molecule has 1 aromatic rings. The van der Waals surface area contributed by atoms with Crippen molar-refractivity contribution in [2.45, 2.75) is 46.1 Å². The van der Waals surface area contributed by atoms with Gasteiger partial charge in [-0.25, -0.2) is 4.99 Å². The topological polar surface area (TPSA) is 79.9 Å². The zero-order valence-corrected chi connectivity index (χ0v) is 15.8. The third-order valence-electron chi connectivity index (χ3n) is 3.09. The van der Waals surface area contributed by atoms with Crippen molar-refractivity contribution in [3.8, 4) is 11.5 Å². The molecule has 0 spiro atoms. The normalized spacial score (nSPS) is 10.9. The summed E-state index contributed by atoms with van der Waals surface area (Å²) in [5.41, 5.74) is 6.77. The molecule has 5 nitrogen and oxygen atoms in total. The number of hydrogen-bond acceptors (Lipinski definition) is 3. The SMILES string of the molecule is CCCCCCNC(N)=NCc1ccc(O)c(OCC)c1.I. The van der Waals surface area contributed by atoms with Gasteiger partial charge in [-0.2, -0.15) is 0 Å². The van der Waals surface area contributed by atoms with E-state index in [0.717, 1.165) is 18.5 Å². The fourth-order valence-electron chi connectivity index (χ4n) is 1.93. The molecule has 6 heteroatoms. The molecule has 0 atom stereocenters. The standard InChI is InChI=1S/C16H27N3O2.HI/c1-3-5-6-7-10-18-16(17)19-12-13-8-9-14(20)15(11-13)21-4-2;/h8-9,11,20H,3-7,10,12H2,1-2H3,(H3,17,18,19);1H. The Morgan fingerprint density at radius 1 is 1.27 bits per heavy atom. The lowest BCUT2D eigenvalue weighted by Crippen LogP contribution is -2.32. The lowest BCUT2D eigenvalue weighted by Gasteiger charge is -2.08.